The van der Waals surface area contributed by atoms with Crippen molar-refractivity contribution < 1.29 is 18.8 Å². The van der Waals surface area contributed by atoms with Crippen LogP contribution in [0.3, 0.4) is 0 Å². The summed E-state index contributed by atoms with van der Waals surface area (Å²) in [5.41, 5.74) is 2.57. The van der Waals surface area contributed by atoms with E-state index in [1.165, 1.54) is 62.5 Å². The molecule has 0 aliphatic heterocycles. The molecule has 34 heavy (non-hydrogen) atoms. The molecule has 0 saturated carbocycles. The molecule has 0 saturated heterocycles. The molecule has 4 nitrogen and oxygen atoms in total. The van der Waals surface area contributed by atoms with E-state index >= 15 is 0 Å². The second-order valence-corrected chi connectivity index (χ2v) is 10.2. The molecule has 2 rings (SSSR count). The molecule has 4 heteroatoms. The van der Waals surface area contributed by atoms with Crippen LogP contribution >= 0.6 is 0 Å². The van der Waals surface area contributed by atoms with E-state index in [-0.39, 0.29) is 18.7 Å². The van der Waals surface area contributed by atoms with Crippen LogP contribution in [0.2, 0.25) is 0 Å². The number of esters is 1. The van der Waals surface area contributed by atoms with Crippen LogP contribution in [0, 0.1) is 0 Å². The van der Waals surface area contributed by atoms with Gasteiger partial charge in [-0.3, -0.25) is 0 Å². The van der Waals surface area contributed by atoms with Crippen LogP contribution in [-0.4, -0.2) is 43.8 Å². The number of aryl methyl sites for hydroxylation is 1. The van der Waals surface area contributed by atoms with E-state index in [0.717, 1.165) is 18.7 Å². The highest BCUT2D eigenvalue weighted by Gasteiger charge is 2.22. The minimum atomic E-state index is -0.197. The van der Waals surface area contributed by atoms with Crippen LogP contribution < -0.4 is 4.74 Å². The minimum absolute atomic E-state index is 0.188. The van der Waals surface area contributed by atoms with Crippen molar-refractivity contribution in [2.75, 3.05) is 27.2 Å². The smallest absolute Gasteiger partial charge is 0.361 e. The van der Waals surface area contributed by atoms with Gasteiger partial charge in [0.15, 0.2) is 6.54 Å². The summed E-state index contributed by atoms with van der Waals surface area (Å²) < 4.78 is 12.0. The molecule has 188 valence electrons. The number of quaternary nitrogens is 1. The standard InChI is InChI=1S/C30H46NO3/c1-5-6-7-8-9-10-11-13-16-27-19-21-29(22-20-27)34-26(2)25-33-30(32)24-31(3,4)23-28-17-14-12-15-18-28/h12,14-15,17-22,26H,5-11,13,16,23-25H2,1-4H3/q+1. The van der Waals surface area contributed by atoms with E-state index in [9.17, 15) is 4.79 Å². The molecule has 0 aromatic heterocycles. The SMILES string of the molecule is CCCCCCCCCCc1ccc(OC(C)COC(=O)C[N+](C)(C)Cc2ccccc2)cc1. The van der Waals surface area contributed by atoms with Crippen LogP contribution in [0.5, 0.6) is 5.75 Å². The average Bonchev–Trinajstić information content (AvgIpc) is 2.80. The van der Waals surface area contributed by atoms with Crippen molar-refractivity contribution in [3.05, 3.63) is 65.7 Å². The van der Waals surface area contributed by atoms with Crippen LogP contribution in [-0.2, 0) is 22.5 Å². The van der Waals surface area contributed by atoms with Gasteiger partial charge in [0.1, 0.15) is 25.0 Å². The summed E-state index contributed by atoms with van der Waals surface area (Å²) in [5, 5.41) is 0. The van der Waals surface area contributed by atoms with Gasteiger partial charge < -0.3 is 14.0 Å². The molecule has 0 N–H and O–H groups in total. The van der Waals surface area contributed by atoms with Gasteiger partial charge in [-0.05, 0) is 37.5 Å². The van der Waals surface area contributed by atoms with Crippen molar-refractivity contribution in [2.24, 2.45) is 0 Å². The first-order chi connectivity index (χ1) is 16.4. The van der Waals surface area contributed by atoms with E-state index in [1.54, 1.807) is 0 Å². The Morgan fingerprint density at radius 1 is 0.824 bits per heavy atom. The Morgan fingerprint density at radius 2 is 1.44 bits per heavy atom. The van der Waals surface area contributed by atoms with E-state index in [0.29, 0.717) is 11.0 Å². The van der Waals surface area contributed by atoms with Gasteiger partial charge in [0.05, 0.1) is 14.1 Å². The summed E-state index contributed by atoms with van der Waals surface area (Å²) >= 11 is 0. The van der Waals surface area contributed by atoms with Crippen LogP contribution in [0.15, 0.2) is 54.6 Å². The molecule has 2 aromatic rings. The Bertz CT molecular complexity index is 802. The highest BCUT2D eigenvalue weighted by atomic mass is 16.6. The van der Waals surface area contributed by atoms with Crippen LogP contribution in [0.25, 0.3) is 0 Å². The van der Waals surface area contributed by atoms with Gasteiger partial charge in [-0.25, -0.2) is 4.79 Å². The normalized spacial score (nSPS) is 12.4. The summed E-state index contributed by atoms with van der Waals surface area (Å²) in [6.07, 6.45) is 11.7. The maximum atomic E-state index is 12.4. The van der Waals surface area contributed by atoms with Gasteiger partial charge in [0.2, 0.25) is 0 Å². The van der Waals surface area contributed by atoms with E-state index in [1.807, 2.05) is 51.4 Å². The third-order valence-electron chi connectivity index (χ3n) is 6.07. The van der Waals surface area contributed by atoms with E-state index in [4.69, 9.17) is 9.47 Å². The maximum Gasteiger partial charge on any atom is 0.361 e. The molecule has 0 bridgehead atoms. The Morgan fingerprint density at radius 3 is 2.09 bits per heavy atom. The van der Waals surface area contributed by atoms with Crippen molar-refractivity contribution in [1.29, 1.82) is 0 Å². The summed E-state index contributed by atoms with van der Waals surface area (Å²) in [6.45, 7) is 5.57. The molecule has 1 unspecified atom stereocenters. The number of ether oxygens (including phenoxy) is 2. The molecule has 0 aliphatic rings. The topological polar surface area (TPSA) is 35.5 Å². The molecule has 0 amide bonds. The third kappa shape index (κ3) is 12.2. The number of hydrogen-bond donors (Lipinski definition) is 0. The fourth-order valence-corrected chi connectivity index (χ4v) is 4.20. The highest BCUT2D eigenvalue weighted by Crippen LogP contribution is 2.17. The predicted octanol–water partition coefficient (Wildman–Crippen LogP) is 6.96. The second kappa shape index (κ2) is 15.5. The van der Waals surface area contributed by atoms with Gasteiger partial charge in [-0.2, -0.15) is 0 Å². The summed E-state index contributed by atoms with van der Waals surface area (Å²) in [6, 6.07) is 18.6. The number of rotatable bonds is 17. The van der Waals surface area contributed by atoms with E-state index < -0.39 is 0 Å². The second-order valence-electron chi connectivity index (χ2n) is 10.2. The fraction of sp³-hybridized carbons (Fsp3) is 0.567. The zero-order chi connectivity index (χ0) is 24.7. The number of unbranched alkanes of at least 4 members (excludes halogenated alkanes) is 7. The number of benzene rings is 2. The van der Waals surface area contributed by atoms with Gasteiger partial charge in [-0.15, -0.1) is 0 Å². The van der Waals surface area contributed by atoms with Crippen molar-refractivity contribution in [1.82, 2.24) is 0 Å². The molecule has 0 radical (unpaired) electrons. The maximum absolute atomic E-state index is 12.4. The quantitative estimate of drug-likeness (QED) is 0.143. The lowest BCUT2D eigenvalue weighted by atomic mass is 10.0. The third-order valence-corrected chi connectivity index (χ3v) is 6.07. The van der Waals surface area contributed by atoms with Crippen molar-refractivity contribution in [3.8, 4) is 5.75 Å². The largest absolute Gasteiger partial charge is 0.487 e. The first kappa shape index (κ1) is 27.9. The molecule has 2 aromatic carbocycles. The first-order valence-corrected chi connectivity index (χ1v) is 13.1. The molecule has 0 heterocycles. The highest BCUT2D eigenvalue weighted by molar-refractivity contribution is 5.70. The monoisotopic (exact) mass is 468 g/mol. The van der Waals surface area contributed by atoms with Crippen molar-refractivity contribution >= 4 is 5.97 Å². The van der Waals surface area contributed by atoms with Gasteiger partial charge in [-0.1, -0.05) is 94.3 Å². The van der Waals surface area contributed by atoms with Crippen LogP contribution in [0.1, 0.15) is 76.3 Å². The number of carbonyl (C=O) groups is 1. The molecule has 0 spiro atoms. The Hall–Kier alpha value is -2.33. The number of nitrogens with zero attached hydrogens (tertiary/aromatic N) is 1. The summed E-state index contributed by atoms with van der Waals surface area (Å²) in [5.74, 6) is 0.625. The van der Waals surface area contributed by atoms with E-state index in [2.05, 4.69) is 31.2 Å². The average molecular weight is 469 g/mol. The number of carbonyl (C=O) groups excluding carboxylic acids is 1. The zero-order valence-electron chi connectivity index (χ0n) is 21.9. The first-order valence-electron chi connectivity index (χ1n) is 13.1. The molecular formula is C30H46NO3+. The predicted molar refractivity (Wildman–Crippen MR) is 141 cm³/mol. The molecule has 0 fully saturated rings. The van der Waals surface area contributed by atoms with Gasteiger partial charge in [0.25, 0.3) is 0 Å². The van der Waals surface area contributed by atoms with Crippen LogP contribution in [0.4, 0.5) is 0 Å². The minimum Gasteiger partial charge on any atom is -0.487 e. The zero-order valence-corrected chi connectivity index (χ0v) is 21.9. The fourth-order valence-electron chi connectivity index (χ4n) is 4.20. The van der Waals surface area contributed by atoms with Gasteiger partial charge >= 0.3 is 5.97 Å². The van der Waals surface area contributed by atoms with Crippen molar-refractivity contribution in [3.63, 3.8) is 0 Å². The summed E-state index contributed by atoms with van der Waals surface area (Å²) in [7, 11) is 4.09. The number of likely N-dealkylation sites (N-methyl/N-ethyl adjacent to an activating group) is 1. The Kier molecular flexibility index (Phi) is 12.8. The molecular weight excluding hydrogens is 422 g/mol. The lowest BCUT2D eigenvalue weighted by Crippen LogP contribution is -2.44. The number of hydrogen-bond acceptors (Lipinski definition) is 3. The lowest BCUT2D eigenvalue weighted by molar-refractivity contribution is -0.896. The Labute approximate surface area is 207 Å². The summed E-state index contributed by atoms with van der Waals surface area (Å²) in [4.78, 5) is 12.4. The van der Waals surface area contributed by atoms with Gasteiger partial charge in [0, 0.05) is 5.56 Å². The molecule has 0 aliphatic carbocycles. The Balaban J connectivity index is 1.62. The molecule has 1 atom stereocenters. The lowest BCUT2D eigenvalue weighted by Gasteiger charge is -2.28. The van der Waals surface area contributed by atoms with Crippen molar-refractivity contribution in [2.45, 2.75) is 84.3 Å².